The standard InChI is InChI=1S/C26H21BrN2O4/c27-26-22-12-5-4-7-18(22)13-14-23(26)33-17-25(31)29-20-9-6-8-19(15-20)28-24(30)16-32-21-10-2-1-3-11-21/h1-15H,16-17H2,(H,28,30)(H,29,31). The third-order valence-electron chi connectivity index (χ3n) is 4.73. The van der Waals surface area contributed by atoms with Crippen molar-refractivity contribution < 1.29 is 19.1 Å². The summed E-state index contributed by atoms with van der Waals surface area (Å²) in [6.07, 6.45) is 0. The fourth-order valence-corrected chi connectivity index (χ4v) is 3.81. The Bertz CT molecular complexity index is 1280. The summed E-state index contributed by atoms with van der Waals surface area (Å²) < 4.78 is 11.9. The van der Waals surface area contributed by atoms with Crippen LogP contribution >= 0.6 is 15.9 Å². The molecule has 0 spiro atoms. The van der Waals surface area contributed by atoms with Gasteiger partial charge in [0.25, 0.3) is 11.8 Å². The topological polar surface area (TPSA) is 76.7 Å². The second-order valence-electron chi connectivity index (χ2n) is 7.17. The molecule has 33 heavy (non-hydrogen) atoms. The Hall–Kier alpha value is -3.84. The van der Waals surface area contributed by atoms with Gasteiger partial charge in [0, 0.05) is 11.4 Å². The number of nitrogens with one attached hydrogen (secondary N) is 2. The molecule has 0 aliphatic rings. The number of para-hydroxylation sites is 1. The summed E-state index contributed by atoms with van der Waals surface area (Å²) in [6.45, 7) is -0.270. The highest BCUT2D eigenvalue weighted by atomic mass is 79.9. The van der Waals surface area contributed by atoms with E-state index in [4.69, 9.17) is 9.47 Å². The van der Waals surface area contributed by atoms with E-state index in [1.807, 2.05) is 54.6 Å². The number of amides is 2. The minimum absolute atomic E-state index is 0.116. The molecule has 0 radical (unpaired) electrons. The third kappa shape index (κ3) is 6.11. The van der Waals surface area contributed by atoms with Gasteiger partial charge in [-0.25, -0.2) is 0 Å². The van der Waals surface area contributed by atoms with Crippen molar-refractivity contribution >= 4 is 49.9 Å². The first-order chi connectivity index (χ1) is 16.1. The molecular weight excluding hydrogens is 484 g/mol. The van der Waals surface area contributed by atoms with Crippen LogP contribution in [0, 0.1) is 0 Å². The summed E-state index contributed by atoms with van der Waals surface area (Å²) in [5.74, 6) is 0.591. The van der Waals surface area contributed by atoms with E-state index in [-0.39, 0.29) is 25.0 Å². The van der Waals surface area contributed by atoms with E-state index in [0.29, 0.717) is 22.9 Å². The molecule has 4 aromatic carbocycles. The van der Waals surface area contributed by atoms with Crippen molar-refractivity contribution in [3.05, 3.63) is 95.5 Å². The van der Waals surface area contributed by atoms with E-state index in [1.165, 1.54) is 0 Å². The minimum Gasteiger partial charge on any atom is -0.484 e. The second kappa shape index (κ2) is 10.7. The number of halogens is 1. The molecule has 4 aromatic rings. The number of anilines is 2. The Morgan fingerprint density at radius 2 is 1.33 bits per heavy atom. The summed E-state index contributed by atoms with van der Waals surface area (Å²) in [5.41, 5.74) is 1.09. The number of ether oxygens (including phenoxy) is 2. The summed E-state index contributed by atoms with van der Waals surface area (Å²) in [6, 6.07) is 27.7. The zero-order valence-electron chi connectivity index (χ0n) is 17.6. The zero-order chi connectivity index (χ0) is 23.0. The first-order valence-electron chi connectivity index (χ1n) is 10.3. The first-order valence-corrected chi connectivity index (χ1v) is 11.1. The van der Waals surface area contributed by atoms with Gasteiger partial charge in [-0.1, -0.05) is 54.6 Å². The quantitative estimate of drug-likeness (QED) is 0.325. The maximum atomic E-state index is 12.4. The molecule has 0 aliphatic carbocycles. The number of benzene rings is 4. The van der Waals surface area contributed by atoms with Crippen molar-refractivity contribution in [3.8, 4) is 11.5 Å². The SMILES string of the molecule is O=C(COc1ccccc1)Nc1cccc(NC(=O)COc2ccc3ccccc3c2Br)c1. The maximum absolute atomic E-state index is 12.4. The monoisotopic (exact) mass is 504 g/mol. The lowest BCUT2D eigenvalue weighted by molar-refractivity contribution is -0.118. The van der Waals surface area contributed by atoms with Gasteiger partial charge < -0.3 is 20.1 Å². The Morgan fingerprint density at radius 3 is 2.06 bits per heavy atom. The lowest BCUT2D eigenvalue weighted by atomic mass is 10.1. The van der Waals surface area contributed by atoms with Gasteiger partial charge in [0.05, 0.1) is 4.47 Å². The Morgan fingerprint density at radius 1 is 0.697 bits per heavy atom. The Kier molecular flexibility index (Phi) is 7.22. The van der Waals surface area contributed by atoms with Crippen LogP contribution in [0.2, 0.25) is 0 Å². The van der Waals surface area contributed by atoms with Crippen molar-refractivity contribution in [2.45, 2.75) is 0 Å². The summed E-state index contributed by atoms with van der Waals surface area (Å²) >= 11 is 3.55. The summed E-state index contributed by atoms with van der Waals surface area (Å²) in [5, 5.41) is 7.62. The van der Waals surface area contributed by atoms with Crippen LogP contribution in [0.25, 0.3) is 10.8 Å². The molecule has 7 heteroatoms. The normalized spacial score (nSPS) is 10.5. The van der Waals surface area contributed by atoms with E-state index in [2.05, 4.69) is 26.6 Å². The van der Waals surface area contributed by atoms with Gasteiger partial charge in [0.2, 0.25) is 0 Å². The van der Waals surface area contributed by atoms with Gasteiger partial charge in [-0.05, 0) is 63.1 Å². The predicted octanol–water partition coefficient (Wildman–Crippen LogP) is 5.64. The lowest BCUT2D eigenvalue weighted by Gasteiger charge is -2.12. The van der Waals surface area contributed by atoms with Crippen LogP contribution in [0.4, 0.5) is 11.4 Å². The highest BCUT2D eigenvalue weighted by Crippen LogP contribution is 2.33. The molecule has 2 N–H and O–H groups in total. The van der Waals surface area contributed by atoms with Crippen LogP contribution in [-0.2, 0) is 9.59 Å². The maximum Gasteiger partial charge on any atom is 0.262 e. The van der Waals surface area contributed by atoms with E-state index < -0.39 is 0 Å². The molecule has 0 saturated carbocycles. The molecule has 0 saturated heterocycles. The van der Waals surface area contributed by atoms with Gasteiger partial charge in [0.15, 0.2) is 13.2 Å². The Balaban J connectivity index is 1.30. The number of fused-ring (bicyclic) bond motifs is 1. The lowest BCUT2D eigenvalue weighted by Crippen LogP contribution is -2.21. The summed E-state index contributed by atoms with van der Waals surface area (Å²) in [7, 11) is 0. The highest BCUT2D eigenvalue weighted by Gasteiger charge is 2.10. The van der Waals surface area contributed by atoms with Crippen molar-refractivity contribution in [1.82, 2.24) is 0 Å². The largest absolute Gasteiger partial charge is 0.484 e. The van der Waals surface area contributed by atoms with Crippen LogP contribution in [-0.4, -0.2) is 25.0 Å². The number of carbonyl (C=O) groups excluding carboxylic acids is 2. The van der Waals surface area contributed by atoms with Gasteiger partial charge in [-0.3, -0.25) is 9.59 Å². The number of hydrogen-bond donors (Lipinski definition) is 2. The predicted molar refractivity (Wildman–Crippen MR) is 133 cm³/mol. The van der Waals surface area contributed by atoms with E-state index in [9.17, 15) is 9.59 Å². The van der Waals surface area contributed by atoms with Crippen molar-refractivity contribution in [2.24, 2.45) is 0 Å². The minimum atomic E-state index is -0.314. The van der Waals surface area contributed by atoms with E-state index >= 15 is 0 Å². The molecule has 6 nitrogen and oxygen atoms in total. The second-order valence-corrected chi connectivity index (χ2v) is 7.96. The van der Waals surface area contributed by atoms with Crippen molar-refractivity contribution in [2.75, 3.05) is 23.8 Å². The number of carbonyl (C=O) groups is 2. The molecule has 0 fully saturated rings. The van der Waals surface area contributed by atoms with Gasteiger partial charge >= 0.3 is 0 Å². The first kappa shape index (κ1) is 22.4. The highest BCUT2D eigenvalue weighted by molar-refractivity contribution is 9.10. The van der Waals surface area contributed by atoms with E-state index in [1.54, 1.807) is 36.4 Å². The van der Waals surface area contributed by atoms with Crippen LogP contribution in [0.3, 0.4) is 0 Å². The molecule has 0 atom stereocenters. The molecular formula is C26H21BrN2O4. The zero-order valence-corrected chi connectivity index (χ0v) is 19.2. The van der Waals surface area contributed by atoms with Gasteiger partial charge in [-0.2, -0.15) is 0 Å². The molecule has 0 unspecified atom stereocenters. The average molecular weight is 505 g/mol. The fraction of sp³-hybridized carbons (Fsp3) is 0.0769. The number of hydrogen-bond acceptors (Lipinski definition) is 4. The van der Waals surface area contributed by atoms with Crippen LogP contribution < -0.4 is 20.1 Å². The number of rotatable bonds is 8. The van der Waals surface area contributed by atoms with Crippen molar-refractivity contribution in [1.29, 1.82) is 0 Å². The van der Waals surface area contributed by atoms with Crippen LogP contribution in [0.1, 0.15) is 0 Å². The van der Waals surface area contributed by atoms with Crippen molar-refractivity contribution in [3.63, 3.8) is 0 Å². The molecule has 0 aliphatic heterocycles. The van der Waals surface area contributed by atoms with Gasteiger partial charge in [0.1, 0.15) is 11.5 Å². The molecule has 0 heterocycles. The fourth-order valence-electron chi connectivity index (χ4n) is 3.20. The smallest absolute Gasteiger partial charge is 0.262 e. The molecule has 0 aromatic heterocycles. The van der Waals surface area contributed by atoms with E-state index in [0.717, 1.165) is 15.2 Å². The molecule has 4 rings (SSSR count). The van der Waals surface area contributed by atoms with Gasteiger partial charge in [-0.15, -0.1) is 0 Å². The summed E-state index contributed by atoms with van der Waals surface area (Å²) in [4.78, 5) is 24.6. The molecule has 166 valence electrons. The van der Waals surface area contributed by atoms with Crippen LogP contribution in [0.15, 0.2) is 95.5 Å². The van der Waals surface area contributed by atoms with Crippen LogP contribution in [0.5, 0.6) is 11.5 Å². The third-order valence-corrected chi connectivity index (χ3v) is 5.55. The Labute approximate surface area is 199 Å². The molecule has 2 amide bonds. The average Bonchev–Trinajstić information content (AvgIpc) is 2.83. The molecule has 0 bridgehead atoms.